The molecule has 1 unspecified atom stereocenters. The van der Waals surface area contributed by atoms with Crippen LogP contribution < -0.4 is 0 Å². The summed E-state index contributed by atoms with van der Waals surface area (Å²) in [5.41, 5.74) is 0.679. The molecule has 15 heavy (non-hydrogen) atoms. The van der Waals surface area contributed by atoms with Crippen molar-refractivity contribution in [2.24, 2.45) is 4.40 Å². The first-order chi connectivity index (χ1) is 7.00. The fourth-order valence-corrected chi connectivity index (χ4v) is 1.59. The van der Waals surface area contributed by atoms with Gasteiger partial charge in [-0.3, -0.25) is 0 Å². The second kappa shape index (κ2) is 5.44. The number of hydrogen-bond donors (Lipinski definition) is 0. The highest BCUT2D eigenvalue weighted by Gasteiger charge is 2.04. The van der Waals surface area contributed by atoms with Gasteiger partial charge in [0.05, 0.1) is 10.7 Å². The first-order valence-corrected chi connectivity index (χ1v) is 5.97. The maximum Gasteiger partial charge on any atom is 0.149 e. The van der Waals surface area contributed by atoms with Crippen molar-refractivity contribution in [3.05, 3.63) is 45.5 Å². The third kappa shape index (κ3) is 3.77. The smallest absolute Gasteiger partial charge is 0.149 e. The maximum atomic E-state index is 12.9. The molecule has 0 aliphatic carbocycles. The van der Waals surface area contributed by atoms with E-state index in [1.165, 1.54) is 12.3 Å². The second-order valence-corrected chi connectivity index (χ2v) is 5.12. The van der Waals surface area contributed by atoms with E-state index in [2.05, 4.69) is 26.9 Å². The highest BCUT2D eigenvalue weighted by molar-refractivity contribution is 9.10. The van der Waals surface area contributed by atoms with Crippen LogP contribution in [0.2, 0.25) is 0 Å². The van der Waals surface area contributed by atoms with Gasteiger partial charge < -0.3 is 4.55 Å². The third-order valence-electron chi connectivity index (χ3n) is 1.54. The molecule has 0 spiro atoms. The van der Waals surface area contributed by atoms with Gasteiger partial charge in [-0.15, -0.1) is 0 Å². The molecular formula is C10H9BrFNOS. The van der Waals surface area contributed by atoms with Crippen molar-refractivity contribution in [3.63, 3.8) is 0 Å². The Morgan fingerprint density at radius 2 is 2.33 bits per heavy atom. The van der Waals surface area contributed by atoms with Crippen molar-refractivity contribution in [1.29, 1.82) is 0 Å². The van der Waals surface area contributed by atoms with E-state index >= 15 is 0 Å². The van der Waals surface area contributed by atoms with E-state index in [-0.39, 0.29) is 5.82 Å². The number of rotatable bonds is 3. The van der Waals surface area contributed by atoms with Gasteiger partial charge in [0, 0.05) is 6.92 Å². The van der Waals surface area contributed by atoms with Crippen LogP contribution in [0.1, 0.15) is 12.5 Å². The minimum Gasteiger partial charge on any atom is -0.586 e. The monoisotopic (exact) mass is 289 g/mol. The van der Waals surface area contributed by atoms with Gasteiger partial charge in [-0.05, 0) is 40.2 Å². The van der Waals surface area contributed by atoms with Gasteiger partial charge in [-0.1, -0.05) is 10.5 Å². The predicted molar refractivity (Wildman–Crippen MR) is 64.7 cm³/mol. The predicted octanol–water partition coefficient (Wildman–Crippen LogP) is 3.20. The molecule has 5 heteroatoms. The van der Waals surface area contributed by atoms with Gasteiger partial charge in [0.1, 0.15) is 22.1 Å². The molecule has 1 rings (SSSR count). The summed E-state index contributed by atoms with van der Waals surface area (Å²) in [5, 5.41) is 0. The average molecular weight is 290 g/mol. The van der Waals surface area contributed by atoms with Crippen LogP contribution in [0, 0.1) is 5.82 Å². The molecule has 80 valence electrons. The molecule has 0 aromatic heterocycles. The van der Waals surface area contributed by atoms with Gasteiger partial charge in [-0.2, -0.15) is 0 Å². The molecule has 0 saturated heterocycles. The van der Waals surface area contributed by atoms with Crippen molar-refractivity contribution in [2.45, 2.75) is 6.92 Å². The van der Waals surface area contributed by atoms with E-state index < -0.39 is 11.4 Å². The number of hydrogen-bond acceptors (Lipinski definition) is 2. The Kier molecular flexibility index (Phi) is 4.50. The second-order valence-electron chi connectivity index (χ2n) is 2.86. The molecule has 0 aliphatic rings. The van der Waals surface area contributed by atoms with Crippen LogP contribution >= 0.6 is 15.9 Å². The lowest BCUT2D eigenvalue weighted by Crippen LogP contribution is -1.96. The lowest BCUT2D eigenvalue weighted by atomic mass is 10.2. The van der Waals surface area contributed by atoms with Gasteiger partial charge in [0.2, 0.25) is 0 Å². The first kappa shape index (κ1) is 12.4. The summed E-state index contributed by atoms with van der Waals surface area (Å²) in [6.07, 6.45) is 1.43. The Morgan fingerprint density at radius 1 is 1.67 bits per heavy atom. The van der Waals surface area contributed by atoms with Gasteiger partial charge in [-0.25, -0.2) is 4.39 Å². The van der Waals surface area contributed by atoms with Crippen LogP contribution in [0.25, 0.3) is 0 Å². The fourth-order valence-electron chi connectivity index (χ4n) is 0.791. The summed E-state index contributed by atoms with van der Waals surface area (Å²) >= 11 is 1.63. The lowest BCUT2D eigenvalue weighted by molar-refractivity contribution is 0.603. The molecule has 1 aromatic carbocycles. The summed E-state index contributed by atoms with van der Waals surface area (Å²) < 4.78 is 28.2. The minimum atomic E-state index is -1.42. The largest absolute Gasteiger partial charge is 0.586 e. The highest BCUT2D eigenvalue weighted by Crippen LogP contribution is 2.16. The Morgan fingerprint density at radius 3 is 2.87 bits per heavy atom. The Labute approximate surface area is 99.4 Å². The third-order valence-corrected chi connectivity index (χ3v) is 3.04. The summed E-state index contributed by atoms with van der Waals surface area (Å²) in [6, 6.07) is 4.43. The zero-order valence-electron chi connectivity index (χ0n) is 8.04. The molecule has 0 N–H and O–H groups in total. The molecule has 0 saturated carbocycles. The lowest BCUT2D eigenvalue weighted by Gasteiger charge is -2.00. The molecule has 0 bridgehead atoms. The van der Waals surface area contributed by atoms with Crippen molar-refractivity contribution < 1.29 is 8.94 Å². The van der Waals surface area contributed by atoms with Crippen molar-refractivity contribution in [2.75, 3.05) is 0 Å². The van der Waals surface area contributed by atoms with Gasteiger partial charge >= 0.3 is 0 Å². The van der Waals surface area contributed by atoms with Crippen LogP contribution in [0.5, 0.6) is 0 Å². The topological polar surface area (TPSA) is 35.4 Å². The summed E-state index contributed by atoms with van der Waals surface area (Å²) in [6.45, 7) is 5.15. The molecule has 1 atom stereocenters. The van der Waals surface area contributed by atoms with E-state index in [1.807, 2.05) is 0 Å². The quantitative estimate of drug-likeness (QED) is 0.622. The molecule has 2 nitrogen and oxygen atoms in total. The minimum absolute atomic E-state index is 0.340. The Balaban J connectivity index is 2.81. The summed E-state index contributed by atoms with van der Waals surface area (Å²) in [4.78, 5) is 0.479. The van der Waals surface area contributed by atoms with Crippen LogP contribution in [0.15, 0.2) is 38.6 Å². The van der Waals surface area contributed by atoms with Gasteiger partial charge in [0.25, 0.3) is 0 Å². The van der Waals surface area contributed by atoms with Crippen LogP contribution in [-0.4, -0.2) is 10.8 Å². The summed E-state index contributed by atoms with van der Waals surface area (Å²) in [5.74, 6) is -0.340. The molecule has 1 aromatic rings. The van der Waals surface area contributed by atoms with Crippen molar-refractivity contribution in [1.82, 2.24) is 0 Å². The molecule has 0 heterocycles. The number of halogens is 2. The SMILES string of the molecule is C=C(C)[S+]([O-])/N=C/c1ccc(F)c(Br)c1. The summed E-state index contributed by atoms with van der Waals surface area (Å²) in [7, 11) is 0. The normalized spacial score (nSPS) is 13.1. The molecule has 0 aliphatic heterocycles. The first-order valence-electron chi connectivity index (χ1n) is 4.07. The Bertz CT molecular complexity index is 408. The fraction of sp³-hybridized carbons (Fsp3) is 0.100. The highest BCUT2D eigenvalue weighted by atomic mass is 79.9. The van der Waals surface area contributed by atoms with E-state index in [0.29, 0.717) is 14.9 Å². The van der Waals surface area contributed by atoms with E-state index in [0.717, 1.165) is 0 Å². The number of allylic oxidation sites excluding steroid dienone is 1. The van der Waals surface area contributed by atoms with E-state index in [4.69, 9.17) is 0 Å². The van der Waals surface area contributed by atoms with Gasteiger partial charge in [0.15, 0.2) is 0 Å². The van der Waals surface area contributed by atoms with E-state index in [9.17, 15) is 8.94 Å². The standard InChI is InChI=1S/C10H9BrFNOS/c1-7(2)15(14)13-6-8-3-4-10(12)9(11)5-8/h3-6H,1H2,2H3/b13-6+. The van der Waals surface area contributed by atoms with Crippen LogP contribution in [0.3, 0.4) is 0 Å². The molecular weight excluding hydrogens is 281 g/mol. The molecule has 0 fully saturated rings. The average Bonchev–Trinajstić information content (AvgIpc) is 2.19. The van der Waals surface area contributed by atoms with E-state index in [1.54, 1.807) is 19.1 Å². The van der Waals surface area contributed by atoms with Crippen LogP contribution in [0.4, 0.5) is 4.39 Å². The van der Waals surface area contributed by atoms with Crippen molar-refractivity contribution in [3.8, 4) is 0 Å². The molecule has 0 amide bonds. The number of nitrogens with zero attached hydrogens (tertiary/aromatic N) is 1. The zero-order valence-corrected chi connectivity index (χ0v) is 10.4. The van der Waals surface area contributed by atoms with Crippen LogP contribution in [-0.2, 0) is 11.4 Å². The zero-order chi connectivity index (χ0) is 11.4. The number of benzene rings is 1. The molecule has 0 radical (unpaired) electrons. The van der Waals surface area contributed by atoms with Crippen molar-refractivity contribution >= 4 is 33.5 Å². The maximum absolute atomic E-state index is 12.9. The Hall–Kier alpha value is -0.650.